The second-order valence-corrected chi connectivity index (χ2v) is 7.50. The van der Waals surface area contributed by atoms with Gasteiger partial charge >= 0.3 is 6.18 Å². The Kier molecular flexibility index (Phi) is 6.11. The quantitative estimate of drug-likeness (QED) is 0.262. The van der Waals surface area contributed by atoms with E-state index in [4.69, 9.17) is 22.1 Å². The second kappa shape index (κ2) is 8.72. The standard InChI is InChI=1S/C18H17ClF3N7O4/c19-9-2-1-7(3-8(9)18(20,21)22)4-25-28-17-26-14(23)11-15(27-17)29(6-24-11)16-13(32)12(31)10(5-30)33-16/h1-4,6,10,12-13,16,30-32H,5H2,(H3,23,26,27,28)/b25-4+/t10-,12?,13?,16-/m1/s1. The number of nitrogens with two attached hydrogens (primary N) is 1. The van der Waals surface area contributed by atoms with E-state index in [1.54, 1.807) is 0 Å². The maximum Gasteiger partial charge on any atom is 0.417 e. The molecular formula is C18H17ClF3N7O4. The first-order valence-electron chi connectivity index (χ1n) is 9.38. The number of rotatable bonds is 5. The minimum Gasteiger partial charge on any atom is -0.394 e. The first kappa shape index (κ1) is 23.1. The van der Waals surface area contributed by atoms with E-state index in [0.717, 1.165) is 18.3 Å². The molecule has 2 unspecified atom stereocenters. The topological polar surface area (TPSA) is 164 Å². The van der Waals surface area contributed by atoms with Crippen LogP contribution in [0.2, 0.25) is 5.02 Å². The van der Waals surface area contributed by atoms with Crippen LogP contribution < -0.4 is 11.2 Å². The molecule has 1 aliphatic heterocycles. The highest BCUT2D eigenvalue weighted by atomic mass is 35.5. The first-order chi connectivity index (χ1) is 15.6. The van der Waals surface area contributed by atoms with Crippen LogP contribution in [0.5, 0.6) is 0 Å². The van der Waals surface area contributed by atoms with Crippen molar-refractivity contribution in [2.45, 2.75) is 30.7 Å². The van der Waals surface area contributed by atoms with Gasteiger partial charge in [-0.2, -0.15) is 28.2 Å². The number of hydrogen-bond donors (Lipinski definition) is 5. The van der Waals surface area contributed by atoms with Gasteiger partial charge in [0.1, 0.15) is 23.8 Å². The Morgan fingerprint density at radius 2 is 2.03 bits per heavy atom. The molecule has 6 N–H and O–H groups in total. The Balaban J connectivity index is 1.59. The van der Waals surface area contributed by atoms with Crippen LogP contribution in [0.3, 0.4) is 0 Å². The lowest BCUT2D eigenvalue weighted by Gasteiger charge is -2.16. The zero-order chi connectivity index (χ0) is 23.9. The van der Waals surface area contributed by atoms with Gasteiger partial charge < -0.3 is 25.8 Å². The molecule has 0 aliphatic carbocycles. The fourth-order valence-electron chi connectivity index (χ4n) is 3.29. The zero-order valence-electron chi connectivity index (χ0n) is 16.5. The van der Waals surface area contributed by atoms with Gasteiger partial charge in [0.25, 0.3) is 0 Å². The van der Waals surface area contributed by atoms with Crippen LogP contribution in [0, 0.1) is 0 Å². The highest BCUT2D eigenvalue weighted by Crippen LogP contribution is 2.35. The van der Waals surface area contributed by atoms with E-state index >= 15 is 0 Å². The van der Waals surface area contributed by atoms with Gasteiger partial charge in [-0.25, -0.2) is 10.4 Å². The van der Waals surface area contributed by atoms with Gasteiger partial charge in [-0.05, 0) is 17.7 Å². The van der Waals surface area contributed by atoms with E-state index in [1.165, 1.54) is 17.0 Å². The highest BCUT2D eigenvalue weighted by molar-refractivity contribution is 6.31. The summed E-state index contributed by atoms with van der Waals surface area (Å²) in [4.78, 5) is 12.3. The number of nitrogens with zero attached hydrogens (tertiary/aromatic N) is 5. The molecule has 1 fully saturated rings. The predicted octanol–water partition coefficient (Wildman–Crippen LogP) is 1.14. The molecule has 0 amide bonds. The summed E-state index contributed by atoms with van der Waals surface area (Å²) >= 11 is 5.60. The van der Waals surface area contributed by atoms with Crippen LogP contribution in [0.15, 0.2) is 29.6 Å². The second-order valence-electron chi connectivity index (χ2n) is 7.09. The molecule has 0 bridgehead atoms. The van der Waals surface area contributed by atoms with Crippen molar-refractivity contribution in [3.63, 3.8) is 0 Å². The number of benzene rings is 1. The third-order valence-corrected chi connectivity index (χ3v) is 5.24. The fourth-order valence-corrected chi connectivity index (χ4v) is 3.51. The van der Waals surface area contributed by atoms with Gasteiger partial charge in [-0.1, -0.05) is 17.7 Å². The molecule has 2 aromatic heterocycles. The summed E-state index contributed by atoms with van der Waals surface area (Å²) in [5.74, 6) is -0.163. The number of halogens is 4. The third kappa shape index (κ3) is 4.43. The number of ether oxygens (including phenoxy) is 1. The van der Waals surface area contributed by atoms with Gasteiger partial charge in [-0.15, -0.1) is 0 Å². The minimum absolute atomic E-state index is 0.0472. The number of imidazole rings is 1. The molecule has 15 heteroatoms. The molecule has 0 radical (unpaired) electrons. The maximum absolute atomic E-state index is 13.0. The first-order valence-corrected chi connectivity index (χ1v) is 9.76. The fraction of sp³-hybridized carbons (Fsp3) is 0.333. The van der Waals surface area contributed by atoms with E-state index in [1.807, 2.05) is 0 Å². The number of aliphatic hydroxyl groups excluding tert-OH is 3. The van der Waals surface area contributed by atoms with Crippen molar-refractivity contribution in [2.75, 3.05) is 17.8 Å². The van der Waals surface area contributed by atoms with Crippen LogP contribution in [-0.4, -0.2) is 66.0 Å². The normalized spacial score (nSPS) is 23.6. The van der Waals surface area contributed by atoms with Gasteiger partial charge in [0.2, 0.25) is 5.95 Å². The third-order valence-electron chi connectivity index (χ3n) is 4.91. The van der Waals surface area contributed by atoms with Crippen LogP contribution in [-0.2, 0) is 10.9 Å². The zero-order valence-corrected chi connectivity index (χ0v) is 17.2. The summed E-state index contributed by atoms with van der Waals surface area (Å²) in [6, 6.07) is 3.28. The lowest BCUT2D eigenvalue weighted by atomic mass is 10.1. The number of nitrogen functional groups attached to an aromatic ring is 1. The van der Waals surface area contributed by atoms with Crippen LogP contribution in [0.1, 0.15) is 17.4 Å². The van der Waals surface area contributed by atoms with Gasteiger partial charge in [0.15, 0.2) is 17.7 Å². The van der Waals surface area contributed by atoms with Crippen molar-refractivity contribution >= 4 is 40.7 Å². The summed E-state index contributed by atoms with van der Waals surface area (Å²) in [7, 11) is 0. The molecule has 4 rings (SSSR count). The number of hydrazone groups is 1. The van der Waals surface area contributed by atoms with Crippen molar-refractivity contribution in [1.29, 1.82) is 0 Å². The number of fused-ring (bicyclic) bond motifs is 1. The van der Waals surface area contributed by atoms with E-state index in [-0.39, 0.29) is 28.5 Å². The molecule has 3 heterocycles. The number of nitrogens with one attached hydrogen (secondary N) is 1. The van der Waals surface area contributed by atoms with E-state index in [0.29, 0.717) is 0 Å². The van der Waals surface area contributed by atoms with Gasteiger partial charge in [0, 0.05) is 0 Å². The number of aliphatic hydroxyl groups is 3. The molecule has 4 atom stereocenters. The molecule has 0 saturated carbocycles. The average Bonchev–Trinajstić information content (AvgIpc) is 3.30. The van der Waals surface area contributed by atoms with E-state index in [9.17, 15) is 28.5 Å². The monoisotopic (exact) mass is 487 g/mol. The SMILES string of the molecule is Nc1nc(N/N=C/c2ccc(Cl)c(C(F)(F)F)c2)nc2c1ncn2[C@@H]1O[C@H](CO)C(O)C1O. The number of alkyl halides is 3. The van der Waals surface area contributed by atoms with Gasteiger partial charge in [0.05, 0.1) is 29.7 Å². The lowest BCUT2D eigenvalue weighted by Crippen LogP contribution is -2.33. The van der Waals surface area contributed by atoms with Crippen molar-refractivity contribution in [1.82, 2.24) is 19.5 Å². The Hall–Kier alpha value is -3.04. The number of aromatic nitrogens is 4. The van der Waals surface area contributed by atoms with Crippen molar-refractivity contribution in [3.05, 3.63) is 40.7 Å². The Bertz CT molecular complexity index is 1210. The van der Waals surface area contributed by atoms with Crippen LogP contribution >= 0.6 is 11.6 Å². The minimum atomic E-state index is -4.62. The van der Waals surface area contributed by atoms with Crippen molar-refractivity contribution in [3.8, 4) is 0 Å². The largest absolute Gasteiger partial charge is 0.417 e. The number of hydrogen-bond acceptors (Lipinski definition) is 10. The summed E-state index contributed by atoms with van der Waals surface area (Å²) in [6.07, 6.45) is -7.07. The highest BCUT2D eigenvalue weighted by Gasteiger charge is 2.44. The summed E-state index contributed by atoms with van der Waals surface area (Å²) < 4.78 is 45.8. The molecule has 1 saturated heterocycles. The number of anilines is 2. The van der Waals surface area contributed by atoms with Crippen molar-refractivity contribution in [2.24, 2.45) is 5.10 Å². The summed E-state index contributed by atoms with van der Waals surface area (Å²) in [5.41, 5.74) is 7.78. The molecule has 1 aliphatic rings. The maximum atomic E-state index is 13.0. The smallest absolute Gasteiger partial charge is 0.394 e. The van der Waals surface area contributed by atoms with Crippen LogP contribution in [0.25, 0.3) is 11.2 Å². The molecular weight excluding hydrogens is 471 g/mol. The molecule has 176 valence electrons. The summed E-state index contributed by atoms with van der Waals surface area (Å²) in [6.45, 7) is -0.513. The Morgan fingerprint density at radius 1 is 1.27 bits per heavy atom. The van der Waals surface area contributed by atoms with E-state index in [2.05, 4.69) is 25.5 Å². The Morgan fingerprint density at radius 3 is 2.70 bits per heavy atom. The van der Waals surface area contributed by atoms with Gasteiger partial charge in [-0.3, -0.25) is 4.57 Å². The molecule has 0 spiro atoms. The Labute approximate surface area is 188 Å². The van der Waals surface area contributed by atoms with Crippen molar-refractivity contribution < 1.29 is 33.2 Å². The molecule has 1 aromatic carbocycles. The molecule has 33 heavy (non-hydrogen) atoms. The molecule has 11 nitrogen and oxygen atoms in total. The van der Waals surface area contributed by atoms with E-state index < -0.39 is 47.9 Å². The summed E-state index contributed by atoms with van der Waals surface area (Å²) in [5, 5.41) is 32.9. The average molecular weight is 488 g/mol. The molecule has 3 aromatic rings. The van der Waals surface area contributed by atoms with Crippen LogP contribution in [0.4, 0.5) is 24.9 Å². The lowest BCUT2D eigenvalue weighted by molar-refractivity contribution is -0.137. The predicted molar refractivity (Wildman–Crippen MR) is 110 cm³/mol.